The number of hydrogen-bond acceptors (Lipinski definition) is 2. The van der Waals surface area contributed by atoms with Gasteiger partial charge in [-0.05, 0) is 47.2 Å². The zero-order valence-corrected chi connectivity index (χ0v) is 17.2. The van der Waals surface area contributed by atoms with E-state index in [0.29, 0.717) is 21.6 Å². The summed E-state index contributed by atoms with van der Waals surface area (Å²) >= 11 is 5.89. The van der Waals surface area contributed by atoms with Crippen molar-refractivity contribution in [2.45, 2.75) is 77.1 Å². The number of hydrogen-bond donors (Lipinski definition) is 1. The Kier molecular flexibility index (Phi) is 8.29. The molecule has 1 rings (SSSR count). The number of halogens is 1. The van der Waals surface area contributed by atoms with Crippen LogP contribution < -0.4 is 0 Å². The summed E-state index contributed by atoms with van der Waals surface area (Å²) in [5.74, 6) is 0. The molecule has 4 heteroatoms. The highest BCUT2D eigenvalue weighted by atomic mass is 35.5. The molecule has 0 spiro atoms. The van der Waals surface area contributed by atoms with Crippen LogP contribution in [0, 0.1) is 0 Å². The SMILES string of the molecule is CC(C)[Si](OCCC[C@@H](O)c1ccc(Cl)cc1)(C(C)C)C(C)C. The van der Waals surface area contributed by atoms with Gasteiger partial charge in [-0.1, -0.05) is 65.3 Å². The average molecular weight is 357 g/mol. The Labute approximate surface area is 148 Å². The number of aliphatic hydroxyl groups is 1. The van der Waals surface area contributed by atoms with Crippen molar-refractivity contribution < 1.29 is 9.53 Å². The van der Waals surface area contributed by atoms with Gasteiger partial charge in [-0.25, -0.2) is 0 Å². The molecule has 0 aliphatic rings. The van der Waals surface area contributed by atoms with Crippen molar-refractivity contribution in [1.29, 1.82) is 0 Å². The Balaban J connectivity index is 2.55. The van der Waals surface area contributed by atoms with Gasteiger partial charge < -0.3 is 9.53 Å². The van der Waals surface area contributed by atoms with Crippen molar-refractivity contribution in [3.8, 4) is 0 Å². The summed E-state index contributed by atoms with van der Waals surface area (Å²) < 4.78 is 6.53. The minimum atomic E-state index is -1.79. The second-order valence-corrected chi connectivity index (χ2v) is 13.3. The molecule has 1 aromatic carbocycles. The Bertz CT molecular complexity index is 435. The molecule has 0 amide bonds. The third-order valence-corrected chi connectivity index (χ3v) is 11.3. The van der Waals surface area contributed by atoms with Gasteiger partial charge in [0.25, 0.3) is 0 Å². The topological polar surface area (TPSA) is 29.5 Å². The minimum Gasteiger partial charge on any atom is -0.416 e. The Morgan fingerprint density at radius 3 is 1.87 bits per heavy atom. The van der Waals surface area contributed by atoms with Crippen LogP contribution in [0.1, 0.15) is 66.1 Å². The lowest BCUT2D eigenvalue weighted by Crippen LogP contribution is -2.47. The van der Waals surface area contributed by atoms with Crippen LogP contribution >= 0.6 is 11.6 Å². The van der Waals surface area contributed by atoms with Gasteiger partial charge in [0.2, 0.25) is 0 Å². The summed E-state index contributed by atoms with van der Waals surface area (Å²) in [4.78, 5) is 0. The lowest BCUT2D eigenvalue weighted by molar-refractivity contribution is 0.152. The molecule has 0 bridgehead atoms. The van der Waals surface area contributed by atoms with E-state index in [1.807, 2.05) is 24.3 Å². The minimum absolute atomic E-state index is 0.441. The molecule has 0 saturated carbocycles. The molecule has 1 atom stereocenters. The summed E-state index contributed by atoms with van der Waals surface area (Å²) in [7, 11) is -1.79. The first-order chi connectivity index (χ1) is 10.7. The lowest BCUT2D eigenvalue weighted by atomic mass is 10.1. The molecule has 0 aliphatic heterocycles. The van der Waals surface area contributed by atoms with E-state index in [0.717, 1.165) is 25.0 Å². The van der Waals surface area contributed by atoms with Crippen molar-refractivity contribution >= 4 is 19.9 Å². The summed E-state index contributed by atoms with van der Waals surface area (Å²) in [6, 6.07) is 7.43. The summed E-state index contributed by atoms with van der Waals surface area (Å²) in [5.41, 5.74) is 2.73. The summed E-state index contributed by atoms with van der Waals surface area (Å²) in [5, 5.41) is 11.0. The standard InChI is InChI=1S/C19H33ClO2Si/c1-14(2)23(15(3)4,16(5)6)22-13-7-8-19(21)17-9-11-18(20)12-10-17/h9-12,14-16,19,21H,7-8,13H2,1-6H3/t19-/m1/s1. The predicted octanol–water partition coefficient (Wildman–Crippen LogP) is 6.35. The fourth-order valence-electron chi connectivity index (χ4n) is 3.88. The number of benzene rings is 1. The molecule has 0 aliphatic carbocycles. The van der Waals surface area contributed by atoms with Crippen LogP contribution in [0.3, 0.4) is 0 Å². The first kappa shape index (κ1) is 20.7. The van der Waals surface area contributed by atoms with Gasteiger partial charge >= 0.3 is 0 Å². The fraction of sp³-hybridized carbons (Fsp3) is 0.684. The van der Waals surface area contributed by atoms with Crippen LogP contribution in [-0.2, 0) is 4.43 Å². The monoisotopic (exact) mass is 356 g/mol. The van der Waals surface area contributed by atoms with Crippen molar-refractivity contribution in [3.63, 3.8) is 0 Å². The molecule has 0 saturated heterocycles. The van der Waals surface area contributed by atoms with Gasteiger partial charge in [0.15, 0.2) is 8.32 Å². The van der Waals surface area contributed by atoms with E-state index in [1.54, 1.807) is 0 Å². The van der Waals surface area contributed by atoms with Crippen LogP contribution in [-0.4, -0.2) is 20.0 Å². The molecule has 0 aromatic heterocycles. The van der Waals surface area contributed by atoms with E-state index in [9.17, 15) is 5.11 Å². The van der Waals surface area contributed by atoms with Crippen molar-refractivity contribution in [3.05, 3.63) is 34.9 Å². The smallest absolute Gasteiger partial charge is 0.200 e. The molecule has 132 valence electrons. The lowest BCUT2D eigenvalue weighted by Gasteiger charge is -2.42. The van der Waals surface area contributed by atoms with Gasteiger partial charge in [0.05, 0.1) is 6.10 Å². The van der Waals surface area contributed by atoms with Crippen LogP contribution in [0.25, 0.3) is 0 Å². The zero-order chi connectivity index (χ0) is 17.6. The molecule has 0 radical (unpaired) electrons. The molecule has 2 nitrogen and oxygen atoms in total. The first-order valence-electron chi connectivity index (χ1n) is 8.79. The second-order valence-electron chi connectivity index (χ2n) is 7.38. The summed E-state index contributed by atoms with van der Waals surface area (Å²) in [6.45, 7) is 14.5. The Hall–Kier alpha value is -0.353. The third kappa shape index (κ3) is 5.32. The first-order valence-corrected chi connectivity index (χ1v) is 11.3. The normalized spacial score (nSPS) is 14.0. The molecule has 1 N–H and O–H groups in total. The zero-order valence-electron chi connectivity index (χ0n) is 15.5. The molecule has 0 fully saturated rings. The third-order valence-electron chi connectivity index (χ3n) is 4.94. The van der Waals surface area contributed by atoms with Gasteiger partial charge in [0, 0.05) is 11.6 Å². The number of rotatable bonds is 9. The Morgan fingerprint density at radius 1 is 0.957 bits per heavy atom. The highest BCUT2D eigenvalue weighted by Gasteiger charge is 2.44. The highest BCUT2D eigenvalue weighted by Crippen LogP contribution is 2.42. The van der Waals surface area contributed by atoms with Gasteiger partial charge in [0.1, 0.15) is 0 Å². The molecular formula is C19H33ClO2Si. The van der Waals surface area contributed by atoms with E-state index in [4.69, 9.17) is 16.0 Å². The largest absolute Gasteiger partial charge is 0.416 e. The maximum atomic E-state index is 10.3. The van der Waals surface area contributed by atoms with E-state index in [-0.39, 0.29) is 0 Å². The van der Waals surface area contributed by atoms with Crippen molar-refractivity contribution in [1.82, 2.24) is 0 Å². The average Bonchev–Trinajstić information content (AvgIpc) is 2.46. The van der Waals surface area contributed by atoms with Crippen LogP contribution in [0.15, 0.2) is 24.3 Å². The maximum absolute atomic E-state index is 10.3. The van der Waals surface area contributed by atoms with Crippen molar-refractivity contribution in [2.24, 2.45) is 0 Å². The van der Waals surface area contributed by atoms with Crippen LogP contribution in [0.4, 0.5) is 0 Å². The highest BCUT2D eigenvalue weighted by molar-refractivity contribution is 6.77. The fourth-order valence-corrected chi connectivity index (χ4v) is 9.50. The number of aliphatic hydroxyl groups excluding tert-OH is 1. The Morgan fingerprint density at radius 2 is 1.43 bits per heavy atom. The van der Waals surface area contributed by atoms with E-state index in [1.165, 1.54) is 0 Å². The van der Waals surface area contributed by atoms with Gasteiger partial charge in [-0.15, -0.1) is 0 Å². The van der Waals surface area contributed by atoms with E-state index >= 15 is 0 Å². The van der Waals surface area contributed by atoms with Gasteiger partial charge in [-0.3, -0.25) is 0 Å². The van der Waals surface area contributed by atoms with E-state index in [2.05, 4.69) is 41.5 Å². The predicted molar refractivity (Wildman–Crippen MR) is 103 cm³/mol. The van der Waals surface area contributed by atoms with Gasteiger partial charge in [-0.2, -0.15) is 0 Å². The summed E-state index contributed by atoms with van der Waals surface area (Å²) in [6.07, 6.45) is 1.16. The van der Waals surface area contributed by atoms with Crippen LogP contribution in [0.5, 0.6) is 0 Å². The van der Waals surface area contributed by atoms with Crippen molar-refractivity contribution in [2.75, 3.05) is 6.61 Å². The molecule has 0 heterocycles. The van der Waals surface area contributed by atoms with Crippen LogP contribution in [0.2, 0.25) is 21.6 Å². The molecular weight excluding hydrogens is 324 g/mol. The maximum Gasteiger partial charge on any atom is 0.200 e. The quantitative estimate of drug-likeness (QED) is 0.412. The second kappa shape index (κ2) is 9.21. The molecule has 23 heavy (non-hydrogen) atoms. The van der Waals surface area contributed by atoms with E-state index < -0.39 is 14.4 Å². The molecule has 1 aromatic rings. The molecule has 0 unspecified atom stereocenters.